The van der Waals surface area contributed by atoms with Crippen LogP contribution in [0.5, 0.6) is 0 Å². The molecule has 12 heteroatoms. The SMILES string of the molecule is CC/C=C\C/C=C\CC(O)/C=C/C=C\C/C=C\C/C=C\CCC(=O)OC[C@H](COP(=O)([O-])OCC[N+](C)(C)C)OC(=O)CCCCCCCCCCCCc1oc(CCCCC)c(C)c1C. The highest BCUT2D eigenvalue weighted by molar-refractivity contribution is 7.45. The van der Waals surface area contributed by atoms with Crippen molar-refractivity contribution < 1.29 is 51.6 Å². The van der Waals surface area contributed by atoms with Crippen molar-refractivity contribution in [3.05, 3.63) is 95.6 Å². The number of ether oxygens (including phenoxy) is 2. The Morgan fingerprint density at radius 3 is 1.86 bits per heavy atom. The van der Waals surface area contributed by atoms with Crippen molar-refractivity contribution in [2.24, 2.45) is 0 Å². The Bertz CT molecular complexity index is 1650. The second-order valence-corrected chi connectivity index (χ2v) is 19.6. The summed E-state index contributed by atoms with van der Waals surface area (Å²) in [5.74, 6) is 1.37. The summed E-state index contributed by atoms with van der Waals surface area (Å²) in [5.41, 5.74) is 2.67. The van der Waals surface area contributed by atoms with Crippen molar-refractivity contribution >= 4 is 19.8 Å². The van der Waals surface area contributed by atoms with E-state index < -0.39 is 38.6 Å². The zero-order chi connectivity index (χ0) is 48.7. The van der Waals surface area contributed by atoms with Gasteiger partial charge in [0.1, 0.15) is 31.3 Å². The largest absolute Gasteiger partial charge is 0.756 e. The average molecular weight is 944 g/mol. The Morgan fingerprint density at radius 2 is 1.24 bits per heavy atom. The van der Waals surface area contributed by atoms with Gasteiger partial charge in [-0.2, -0.15) is 0 Å². The van der Waals surface area contributed by atoms with Gasteiger partial charge in [-0.05, 0) is 82.8 Å². The highest BCUT2D eigenvalue weighted by Gasteiger charge is 2.22. The first-order chi connectivity index (χ1) is 31.7. The van der Waals surface area contributed by atoms with Crippen molar-refractivity contribution in [2.75, 3.05) is 47.5 Å². The van der Waals surface area contributed by atoms with Crippen molar-refractivity contribution in [2.45, 2.75) is 188 Å². The second kappa shape index (κ2) is 38.6. The number of quaternary nitrogens is 1. The summed E-state index contributed by atoms with van der Waals surface area (Å²) >= 11 is 0. The number of aryl methyl sites for hydroxylation is 2. The van der Waals surface area contributed by atoms with Crippen LogP contribution in [0.15, 0.2) is 77.3 Å². The molecule has 0 saturated carbocycles. The van der Waals surface area contributed by atoms with Crippen LogP contribution in [0.1, 0.15) is 171 Å². The van der Waals surface area contributed by atoms with Crippen LogP contribution >= 0.6 is 7.82 Å². The molecule has 376 valence electrons. The predicted molar refractivity (Wildman–Crippen MR) is 268 cm³/mol. The molecule has 0 bridgehead atoms. The maximum absolute atomic E-state index is 12.8. The topological polar surface area (TPSA) is 145 Å². The van der Waals surface area contributed by atoms with Gasteiger partial charge < -0.3 is 37.4 Å². The van der Waals surface area contributed by atoms with Crippen molar-refractivity contribution in [1.82, 2.24) is 0 Å². The molecule has 0 aliphatic heterocycles. The molecular weight excluding hydrogens is 854 g/mol. The Balaban J connectivity index is 2.37. The lowest BCUT2D eigenvalue weighted by molar-refractivity contribution is -0.870. The van der Waals surface area contributed by atoms with E-state index >= 15 is 0 Å². The van der Waals surface area contributed by atoms with Crippen LogP contribution in [0.4, 0.5) is 0 Å². The third-order valence-electron chi connectivity index (χ3n) is 11.0. The van der Waals surface area contributed by atoms with Gasteiger partial charge in [0.05, 0.1) is 33.9 Å². The Hall–Kier alpha value is -3.31. The number of esters is 2. The van der Waals surface area contributed by atoms with Gasteiger partial charge >= 0.3 is 11.9 Å². The molecule has 1 heterocycles. The monoisotopic (exact) mass is 944 g/mol. The van der Waals surface area contributed by atoms with Crippen LogP contribution in [-0.4, -0.2) is 81.2 Å². The van der Waals surface area contributed by atoms with E-state index in [1.54, 1.807) is 6.08 Å². The molecule has 0 aromatic carbocycles. The Morgan fingerprint density at radius 1 is 0.682 bits per heavy atom. The summed E-state index contributed by atoms with van der Waals surface area (Å²) < 4.78 is 40.2. The number of likely N-dealkylation sites (N-methyl/N-ethyl adjacent to an activating group) is 1. The number of nitrogens with zero attached hydrogens (tertiary/aromatic N) is 1. The summed E-state index contributed by atoms with van der Waals surface area (Å²) in [5, 5.41) is 10.0. The lowest BCUT2D eigenvalue weighted by Gasteiger charge is -2.28. The first-order valence-corrected chi connectivity index (χ1v) is 26.6. The van der Waals surface area contributed by atoms with Gasteiger partial charge in [-0.25, -0.2) is 0 Å². The molecule has 11 nitrogen and oxygen atoms in total. The molecule has 0 fully saturated rings. The predicted octanol–water partition coefficient (Wildman–Crippen LogP) is 12.6. The number of hydrogen-bond donors (Lipinski definition) is 1. The highest BCUT2D eigenvalue weighted by atomic mass is 31.2. The van der Waals surface area contributed by atoms with E-state index in [1.165, 1.54) is 74.0 Å². The summed E-state index contributed by atoms with van der Waals surface area (Å²) in [6.07, 6.45) is 43.6. The maximum Gasteiger partial charge on any atom is 0.306 e. The molecular formula is C54H90NO10P. The molecule has 0 saturated heterocycles. The molecule has 0 aliphatic carbocycles. The number of aliphatic hydroxyl groups is 1. The van der Waals surface area contributed by atoms with E-state index in [4.69, 9.17) is 22.9 Å². The number of carbonyl (C=O) groups excluding carboxylic acids is 2. The van der Waals surface area contributed by atoms with E-state index in [-0.39, 0.29) is 26.1 Å². The van der Waals surface area contributed by atoms with E-state index in [1.807, 2.05) is 69.8 Å². The zero-order valence-corrected chi connectivity index (χ0v) is 43.1. The van der Waals surface area contributed by atoms with Crippen LogP contribution in [-0.2, 0) is 45.5 Å². The smallest absolute Gasteiger partial charge is 0.306 e. The van der Waals surface area contributed by atoms with Crippen LogP contribution < -0.4 is 4.89 Å². The molecule has 2 unspecified atom stereocenters. The number of carbonyl (C=O) groups is 2. The quantitative estimate of drug-likeness (QED) is 0.0168. The number of phosphoric ester groups is 1. The van der Waals surface area contributed by atoms with E-state index in [9.17, 15) is 24.2 Å². The Labute approximate surface area is 400 Å². The van der Waals surface area contributed by atoms with E-state index in [2.05, 4.69) is 45.9 Å². The number of hydrogen-bond acceptors (Lipinski definition) is 10. The lowest BCUT2D eigenvalue weighted by atomic mass is 10.0. The summed E-state index contributed by atoms with van der Waals surface area (Å²) in [6.45, 7) is 8.27. The summed E-state index contributed by atoms with van der Waals surface area (Å²) in [6, 6.07) is 0. The number of rotatable bonds is 41. The fraction of sp³-hybridized carbons (Fsp3) is 0.667. The van der Waals surface area contributed by atoms with Crippen LogP contribution in [0.3, 0.4) is 0 Å². The number of aliphatic hydroxyl groups excluding tert-OH is 1. The number of phosphoric acid groups is 1. The van der Waals surface area contributed by atoms with E-state index in [0.717, 1.165) is 57.8 Å². The van der Waals surface area contributed by atoms with Crippen molar-refractivity contribution in [1.29, 1.82) is 0 Å². The number of unbranched alkanes of at least 4 members (excludes halogenated alkanes) is 11. The van der Waals surface area contributed by atoms with Crippen LogP contribution in [0.2, 0.25) is 0 Å². The zero-order valence-electron chi connectivity index (χ0n) is 42.2. The first-order valence-electron chi connectivity index (χ1n) is 25.1. The molecule has 0 radical (unpaired) electrons. The van der Waals surface area contributed by atoms with Gasteiger partial charge in [0.2, 0.25) is 0 Å². The highest BCUT2D eigenvalue weighted by Crippen LogP contribution is 2.38. The fourth-order valence-corrected chi connectivity index (χ4v) is 7.55. The van der Waals surface area contributed by atoms with Gasteiger partial charge in [-0.3, -0.25) is 14.2 Å². The summed E-state index contributed by atoms with van der Waals surface area (Å²) in [7, 11) is 1.07. The standard InChI is InChI=1S/C54H90NO10P/c1-8-10-12-13-26-32-37-49(56)38-33-27-22-18-14-16-20-24-29-35-41-53(57)61-45-50(46-63-66(59,60)62-44-43-55(5,6)7)64-54(58)42-36-30-25-21-17-15-19-23-28-34-40-52-48(4)47(3)51(65-52)39-31-11-9-2/h10,12,14,16,22,24,26-27,29,32-33,38,49-50,56H,8-9,11,13,15,17-21,23,25,28,30-31,34-37,39-46H2,1-7H3/b12-10-,16-14-,27-22-,29-24-,32-26-,38-33+/t49?,50-/m1/s1. The average Bonchev–Trinajstić information content (AvgIpc) is 3.53. The molecule has 1 aromatic rings. The van der Waals surface area contributed by atoms with Crippen LogP contribution in [0, 0.1) is 13.8 Å². The van der Waals surface area contributed by atoms with Crippen molar-refractivity contribution in [3.8, 4) is 0 Å². The molecule has 0 aliphatic rings. The fourth-order valence-electron chi connectivity index (χ4n) is 6.83. The minimum atomic E-state index is -4.67. The van der Waals surface area contributed by atoms with Crippen molar-refractivity contribution in [3.63, 3.8) is 0 Å². The molecule has 1 N–H and O–H groups in total. The van der Waals surface area contributed by atoms with E-state index in [0.29, 0.717) is 36.7 Å². The summed E-state index contributed by atoms with van der Waals surface area (Å²) in [4.78, 5) is 37.8. The first kappa shape index (κ1) is 60.7. The third kappa shape index (κ3) is 34.9. The molecule has 0 spiro atoms. The number of furan rings is 1. The normalized spacial score (nSPS) is 14.5. The Kier molecular flexibility index (Phi) is 35.5. The molecule has 3 atom stereocenters. The molecule has 1 aromatic heterocycles. The van der Waals surface area contributed by atoms with Gasteiger partial charge in [0.25, 0.3) is 7.82 Å². The molecule has 0 amide bonds. The number of allylic oxidation sites excluding steroid dienone is 10. The van der Waals surface area contributed by atoms with Gasteiger partial charge in [0.15, 0.2) is 6.10 Å². The molecule has 1 rings (SSSR count). The van der Waals surface area contributed by atoms with Gasteiger partial charge in [-0.15, -0.1) is 0 Å². The minimum Gasteiger partial charge on any atom is -0.756 e. The van der Waals surface area contributed by atoms with Gasteiger partial charge in [0, 0.05) is 25.7 Å². The second-order valence-electron chi connectivity index (χ2n) is 18.2. The van der Waals surface area contributed by atoms with Gasteiger partial charge in [-0.1, -0.05) is 151 Å². The van der Waals surface area contributed by atoms with Crippen LogP contribution in [0.25, 0.3) is 0 Å². The minimum absolute atomic E-state index is 0.0597. The maximum atomic E-state index is 12.8. The lowest BCUT2D eigenvalue weighted by Crippen LogP contribution is -2.37. The molecule has 66 heavy (non-hydrogen) atoms. The third-order valence-corrected chi connectivity index (χ3v) is 12.0.